The minimum atomic E-state index is -0.428. The number of halogens is 1. The summed E-state index contributed by atoms with van der Waals surface area (Å²) < 4.78 is 0. The van der Waals surface area contributed by atoms with Gasteiger partial charge < -0.3 is 10.0 Å². The minimum absolute atomic E-state index is 0.428. The third kappa shape index (κ3) is 5.07. The van der Waals surface area contributed by atoms with Crippen LogP contribution in [-0.2, 0) is 6.42 Å². The van der Waals surface area contributed by atoms with Gasteiger partial charge in [0, 0.05) is 11.6 Å². The molecule has 1 aliphatic heterocycles. The van der Waals surface area contributed by atoms with E-state index in [0.717, 1.165) is 24.6 Å². The number of piperidine rings is 1. The molecule has 2 aromatic rings. The topological polar surface area (TPSA) is 23.5 Å². The summed E-state index contributed by atoms with van der Waals surface area (Å²) in [5.74, 6) is 0.814. The molecule has 0 amide bonds. The largest absolute Gasteiger partial charge is 0.387 e. The second-order valence-electron chi connectivity index (χ2n) is 6.84. The molecule has 3 heteroatoms. The van der Waals surface area contributed by atoms with Crippen LogP contribution in [0.4, 0.5) is 0 Å². The molecule has 0 spiro atoms. The first-order valence-electron chi connectivity index (χ1n) is 8.90. The predicted molar refractivity (Wildman–Crippen MR) is 100 cm³/mol. The second-order valence-corrected chi connectivity index (χ2v) is 7.27. The Bertz CT molecular complexity index is 605. The summed E-state index contributed by atoms with van der Waals surface area (Å²) in [5.41, 5.74) is 2.39. The lowest BCUT2D eigenvalue weighted by Gasteiger charge is -2.33. The quantitative estimate of drug-likeness (QED) is 0.820. The van der Waals surface area contributed by atoms with Crippen molar-refractivity contribution in [3.05, 3.63) is 70.7 Å². The van der Waals surface area contributed by atoms with Gasteiger partial charge in [-0.3, -0.25) is 0 Å². The predicted octanol–water partition coefficient (Wildman–Crippen LogP) is 4.72. The minimum Gasteiger partial charge on any atom is -0.387 e. The number of aryl methyl sites for hydroxylation is 1. The first kappa shape index (κ1) is 17.5. The van der Waals surface area contributed by atoms with E-state index in [1.807, 2.05) is 24.3 Å². The standard InChI is InChI=1S/C21H26ClNO/c22-20-10-8-19(9-11-20)21(24)16-23-14-12-18(13-15-23)7-6-17-4-2-1-3-5-17/h1-5,8-11,18,21,24H,6-7,12-16H2. The molecule has 0 aromatic heterocycles. The highest BCUT2D eigenvalue weighted by molar-refractivity contribution is 6.30. The van der Waals surface area contributed by atoms with Crippen LogP contribution in [0.1, 0.15) is 36.5 Å². The number of nitrogens with zero attached hydrogens (tertiary/aromatic N) is 1. The average Bonchev–Trinajstić information content (AvgIpc) is 2.62. The molecular formula is C21H26ClNO. The van der Waals surface area contributed by atoms with Crippen LogP contribution in [-0.4, -0.2) is 29.6 Å². The maximum Gasteiger partial charge on any atom is 0.0916 e. The Balaban J connectivity index is 1.41. The Morgan fingerprint density at radius 2 is 1.67 bits per heavy atom. The fourth-order valence-electron chi connectivity index (χ4n) is 3.51. The highest BCUT2D eigenvalue weighted by atomic mass is 35.5. The van der Waals surface area contributed by atoms with E-state index < -0.39 is 6.10 Å². The van der Waals surface area contributed by atoms with E-state index in [1.165, 1.54) is 31.2 Å². The number of β-amino-alcohol motifs (C(OH)–C–C–N with tert-alkyl or cyclic N) is 1. The van der Waals surface area contributed by atoms with Crippen molar-refractivity contribution < 1.29 is 5.11 Å². The molecule has 0 radical (unpaired) electrons. The van der Waals surface area contributed by atoms with Crippen LogP contribution in [0.3, 0.4) is 0 Å². The van der Waals surface area contributed by atoms with E-state index in [9.17, 15) is 5.11 Å². The highest BCUT2D eigenvalue weighted by Gasteiger charge is 2.21. The molecule has 1 atom stereocenters. The number of rotatable bonds is 6. The molecule has 0 saturated carbocycles. The van der Waals surface area contributed by atoms with Crippen molar-refractivity contribution in [2.45, 2.75) is 31.8 Å². The molecule has 2 nitrogen and oxygen atoms in total. The van der Waals surface area contributed by atoms with Crippen molar-refractivity contribution >= 4 is 11.6 Å². The van der Waals surface area contributed by atoms with E-state index in [2.05, 4.69) is 35.2 Å². The van der Waals surface area contributed by atoms with Crippen LogP contribution in [0.2, 0.25) is 5.02 Å². The van der Waals surface area contributed by atoms with Crippen molar-refractivity contribution in [1.29, 1.82) is 0 Å². The molecular weight excluding hydrogens is 318 g/mol. The third-order valence-corrected chi connectivity index (χ3v) is 5.33. The molecule has 1 saturated heterocycles. The summed E-state index contributed by atoms with van der Waals surface area (Å²) in [6, 6.07) is 18.3. The number of hydrogen-bond acceptors (Lipinski definition) is 2. The van der Waals surface area contributed by atoms with E-state index in [4.69, 9.17) is 11.6 Å². The van der Waals surface area contributed by atoms with Crippen LogP contribution >= 0.6 is 11.6 Å². The number of hydrogen-bond donors (Lipinski definition) is 1. The molecule has 3 rings (SSSR count). The maximum absolute atomic E-state index is 10.4. The molecule has 128 valence electrons. The Labute approximate surface area is 150 Å². The molecule has 1 N–H and O–H groups in total. The Kier molecular flexibility index (Phi) is 6.30. The molecule has 1 fully saturated rings. The number of aliphatic hydroxyl groups excluding tert-OH is 1. The van der Waals surface area contributed by atoms with Crippen LogP contribution in [0.5, 0.6) is 0 Å². The number of benzene rings is 2. The Morgan fingerprint density at radius 1 is 1.00 bits per heavy atom. The zero-order valence-corrected chi connectivity index (χ0v) is 14.8. The fourth-order valence-corrected chi connectivity index (χ4v) is 3.63. The summed E-state index contributed by atoms with van der Waals surface area (Å²) in [6.45, 7) is 2.89. The van der Waals surface area contributed by atoms with E-state index >= 15 is 0 Å². The van der Waals surface area contributed by atoms with Gasteiger partial charge in [-0.15, -0.1) is 0 Å². The first-order chi connectivity index (χ1) is 11.7. The molecule has 24 heavy (non-hydrogen) atoms. The SMILES string of the molecule is OC(CN1CCC(CCc2ccccc2)CC1)c1ccc(Cl)cc1. The summed E-state index contributed by atoms with van der Waals surface area (Å²) in [7, 11) is 0. The molecule has 1 heterocycles. The van der Waals surface area contributed by atoms with Gasteiger partial charge >= 0.3 is 0 Å². The second kappa shape index (κ2) is 8.66. The zero-order valence-electron chi connectivity index (χ0n) is 14.1. The zero-order chi connectivity index (χ0) is 16.8. The van der Waals surface area contributed by atoms with Crippen LogP contribution in [0.25, 0.3) is 0 Å². The van der Waals surface area contributed by atoms with Crippen molar-refractivity contribution in [1.82, 2.24) is 4.90 Å². The lowest BCUT2D eigenvalue weighted by Crippen LogP contribution is -2.36. The van der Waals surface area contributed by atoms with Crippen molar-refractivity contribution in [3.8, 4) is 0 Å². The Morgan fingerprint density at radius 3 is 2.33 bits per heavy atom. The van der Waals surface area contributed by atoms with Crippen molar-refractivity contribution in [2.75, 3.05) is 19.6 Å². The molecule has 0 aliphatic carbocycles. The molecule has 0 bridgehead atoms. The third-order valence-electron chi connectivity index (χ3n) is 5.08. The van der Waals surface area contributed by atoms with Gasteiger partial charge in [-0.05, 0) is 68.0 Å². The van der Waals surface area contributed by atoms with Crippen LogP contribution < -0.4 is 0 Å². The van der Waals surface area contributed by atoms with Gasteiger partial charge in [-0.2, -0.15) is 0 Å². The maximum atomic E-state index is 10.4. The van der Waals surface area contributed by atoms with E-state index in [1.54, 1.807) is 0 Å². The average molecular weight is 344 g/mol. The van der Waals surface area contributed by atoms with Crippen molar-refractivity contribution in [3.63, 3.8) is 0 Å². The van der Waals surface area contributed by atoms with Gasteiger partial charge in [0.25, 0.3) is 0 Å². The van der Waals surface area contributed by atoms with Crippen LogP contribution in [0.15, 0.2) is 54.6 Å². The lowest BCUT2D eigenvalue weighted by atomic mass is 9.90. The normalized spacial score (nSPS) is 17.8. The summed E-state index contributed by atoms with van der Waals surface area (Å²) in [4.78, 5) is 2.39. The van der Waals surface area contributed by atoms with Gasteiger partial charge in [0.15, 0.2) is 0 Å². The lowest BCUT2D eigenvalue weighted by molar-refractivity contribution is 0.0881. The molecule has 2 aromatic carbocycles. The molecule has 1 aliphatic rings. The van der Waals surface area contributed by atoms with Gasteiger partial charge in [-0.25, -0.2) is 0 Å². The van der Waals surface area contributed by atoms with Gasteiger partial charge in [-0.1, -0.05) is 54.1 Å². The monoisotopic (exact) mass is 343 g/mol. The summed E-state index contributed by atoms with van der Waals surface area (Å²) in [5, 5.41) is 11.1. The number of likely N-dealkylation sites (tertiary alicyclic amines) is 1. The number of aliphatic hydroxyl groups is 1. The van der Waals surface area contributed by atoms with Crippen LogP contribution in [0, 0.1) is 5.92 Å². The van der Waals surface area contributed by atoms with Gasteiger partial charge in [0.05, 0.1) is 6.10 Å². The van der Waals surface area contributed by atoms with E-state index in [-0.39, 0.29) is 0 Å². The fraction of sp³-hybridized carbons (Fsp3) is 0.429. The van der Waals surface area contributed by atoms with Crippen molar-refractivity contribution in [2.24, 2.45) is 5.92 Å². The van der Waals surface area contributed by atoms with E-state index in [0.29, 0.717) is 11.6 Å². The van der Waals surface area contributed by atoms with Gasteiger partial charge in [0.2, 0.25) is 0 Å². The Hall–Kier alpha value is -1.35. The first-order valence-corrected chi connectivity index (χ1v) is 9.28. The smallest absolute Gasteiger partial charge is 0.0916 e. The summed E-state index contributed by atoms with van der Waals surface area (Å²) in [6.07, 6.45) is 4.50. The van der Waals surface area contributed by atoms with Gasteiger partial charge in [0.1, 0.15) is 0 Å². The highest BCUT2D eigenvalue weighted by Crippen LogP contribution is 2.24. The summed E-state index contributed by atoms with van der Waals surface area (Å²) >= 11 is 5.91. The molecule has 1 unspecified atom stereocenters.